The van der Waals surface area contributed by atoms with E-state index in [9.17, 15) is 0 Å². The van der Waals surface area contributed by atoms with Gasteiger partial charge in [-0.3, -0.25) is 0 Å². The summed E-state index contributed by atoms with van der Waals surface area (Å²) in [5.41, 5.74) is 4.78. The second-order valence-electron chi connectivity index (χ2n) is 6.17. The highest BCUT2D eigenvalue weighted by Crippen LogP contribution is 2.49. The molecule has 0 saturated heterocycles. The van der Waals surface area contributed by atoms with Crippen LogP contribution in [0.1, 0.15) is 48.2 Å². The number of hydrogen-bond donors (Lipinski definition) is 0. The maximum atomic E-state index is 5.90. The van der Waals surface area contributed by atoms with Gasteiger partial charge in [0, 0.05) is 14.8 Å². The molecular formula is C15H18BrIO. The summed E-state index contributed by atoms with van der Waals surface area (Å²) in [5, 5.41) is 0. The molecule has 3 heteroatoms. The molecule has 0 amide bonds. The van der Waals surface area contributed by atoms with E-state index in [4.69, 9.17) is 4.74 Å². The van der Waals surface area contributed by atoms with Gasteiger partial charge in [-0.05, 0) is 70.0 Å². The molecule has 0 saturated carbocycles. The zero-order chi connectivity index (χ0) is 12.9. The lowest BCUT2D eigenvalue weighted by Crippen LogP contribution is -2.11. The normalized spacial score (nSPS) is 25.0. The fourth-order valence-corrected chi connectivity index (χ4v) is 6.03. The molecule has 1 aromatic rings. The van der Waals surface area contributed by atoms with Crippen molar-refractivity contribution in [3.05, 3.63) is 26.3 Å². The number of halogens is 2. The number of hydrogen-bond acceptors (Lipinski definition) is 1. The van der Waals surface area contributed by atoms with Gasteiger partial charge in [0.1, 0.15) is 5.75 Å². The smallest absolute Gasteiger partial charge is 0.126 e. The van der Waals surface area contributed by atoms with Crippen LogP contribution in [0.15, 0.2) is 6.07 Å². The van der Waals surface area contributed by atoms with Crippen LogP contribution in [-0.4, -0.2) is 6.61 Å². The molecule has 2 aliphatic rings. The monoisotopic (exact) mass is 420 g/mol. The van der Waals surface area contributed by atoms with Crippen molar-refractivity contribution in [3.63, 3.8) is 0 Å². The second-order valence-corrected chi connectivity index (χ2v) is 8.44. The van der Waals surface area contributed by atoms with E-state index in [0.717, 1.165) is 19.4 Å². The first-order chi connectivity index (χ1) is 8.48. The summed E-state index contributed by atoms with van der Waals surface area (Å²) in [4.78, 5) is 0.464. The molecule has 0 aromatic heterocycles. The molecule has 0 fully saturated rings. The number of rotatable bonds is 0. The zero-order valence-corrected chi connectivity index (χ0v) is 14.6. The van der Waals surface area contributed by atoms with Crippen LogP contribution in [-0.2, 0) is 12.8 Å². The molecule has 1 atom stereocenters. The molecule has 1 aliphatic heterocycles. The van der Waals surface area contributed by atoms with Gasteiger partial charge in [-0.15, -0.1) is 0 Å². The number of ether oxygens (including phenoxy) is 1. The van der Waals surface area contributed by atoms with Crippen molar-refractivity contribution in [2.24, 2.45) is 5.41 Å². The van der Waals surface area contributed by atoms with E-state index in [-0.39, 0.29) is 0 Å². The highest BCUT2D eigenvalue weighted by molar-refractivity contribution is 14.1. The van der Waals surface area contributed by atoms with Crippen LogP contribution >= 0.6 is 38.5 Å². The number of alkyl halides is 1. The quantitative estimate of drug-likeness (QED) is 0.325. The molecular weight excluding hydrogens is 403 g/mol. The highest BCUT2D eigenvalue weighted by Gasteiger charge is 2.33. The maximum absolute atomic E-state index is 5.90. The largest absolute Gasteiger partial charge is 0.493 e. The lowest BCUT2D eigenvalue weighted by molar-refractivity contribution is 0.314. The van der Waals surface area contributed by atoms with Crippen molar-refractivity contribution >= 4 is 38.5 Å². The second kappa shape index (κ2) is 4.65. The molecule has 1 aliphatic carbocycles. The predicted molar refractivity (Wildman–Crippen MR) is 86.7 cm³/mol. The first-order valence-corrected chi connectivity index (χ1v) is 8.58. The Labute approximate surface area is 131 Å². The van der Waals surface area contributed by atoms with Crippen LogP contribution in [0.5, 0.6) is 5.75 Å². The van der Waals surface area contributed by atoms with E-state index < -0.39 is 0 Å². The summed E-state index contributed by atoms with van der Waals surface area (Å²) in [5.74, 6) is 1.20. The van der Waals surface area contributed by atoms with Crippen LogP contribution in [0.4, 0.5) is 0 Å². The molecule has 1 aromatic carbocycles. The van der Waals surface area contributed by atoms with Crippen molar-refractivity contribution in [2.45, 2.75) is 44.4 Å². The molecule has 0 bridgehead atoms. The van der Waals surface area contributed by atoms with Gasteiger partial charge < -0.3 is 4.74 Å². The van der Waals surface area contributed by atoms with Crippen LogP contribution < -0.4 is 4.74 Å². The van der Waals surface area contributed by atoms with Crippen molar-refractivity contribution in [2.75, 3.05) is 6.61 Å². The predicted octanol–water partition coefficient (Wildman–Crippen LogP) is 5.02. The third kappa shape index (κ3) is 2.21. The average Bonchev–Trinajstić information content (AvgIpc) is 2.67. The van der Waals surface area contributed by atoms with Gasteiger partial charge in [-0.25, -0.2) is 0 Å². The van der Waals surface area contributed by atoms with E-state index >= 15 is 0 Å². The van der Waals surface area contributed by atoms with E-state index in [1.807, 2.05) is 0 Å². The van der Waals surface area contributed by atoms with Gasteiger partial charge >= 0.3 is 0 Å². The maximum Gasteiger partial charge on any atom is 0.126 e. The molecule has 18 heavy (non-hydrogen) atoms. The Morgan fingerprint density at radius 1 is 1.39 bits per heavy atom. The van der Waals surface area contributed by atoms with Gasteiger partial charge in [0.2, 0.25) is 0 Å². The topological polar surface area (TPSA) is 9.23 Å². The summed E-state index contributed by atoms with van der Waals surface area (Å²) in [7, 11) is 0. The van der Waals surface area contributed by atoms with E-state index in [1.165, 1.54) is 38.9 Å². The fourth-order valence-electron chi connectivity index (χ4n) is 3.12. The minimum absolute atomic E-state index is 0.405. The standard InChI is InChI=1S/C15H18BrIO/c1-15(2)5-3-10-13(11(16)8-15)12(17)7-9-4-6-18-14(9)10/h7,11H,3-6,8H2,1-2H3. The fraction of sp³-hybridized carbons (Fsp3) is 0.600. The van der Waals surface area contributed by atoms with Crippen molar-refractivity contribution in [1.82, 2.24) is 0 Å². The molecule has 1 nitrogen and oxygen atoms in total. The Kier molecular flexibility index (Phi) is 3.42. The Hall–Kier alpha value is 0.230. The first kappa shape index (κ1) is 13.2. The number of benzene rings is 1. The summed E-state index contributed by atoms with van der Waals surface area (Å²) >= 11 is 6.41. The Morgan fingerprint density at radius 2 is 2.17 bits per heavy atom. The molecule has 98 valence electrons. The van der Waals surface area contributed by atoms with Crippen LogP contribution in [0.3, 0.4) is 0 Å². The van der Waals surface area contributed by atoms with Crippen molar-refractivity contribution in [1.29, 1.82) is 0 Å². The molecule has 0 radical (unpaired) electrons. The summed E-state index contributed by atoms with van der Waals surface area (Å²) in [6.07, 6.45) is 4.69. The lowest BCUT2D eigenvalue weighted by Gasteiger charge is -2.24. The van der Waals surface area contributed by atoms with E-state index in [0.29, 0.717) is 10.2 Å². The molecule has 0 spiro atoms. The lowest BCUT2D eigenvalue weighted by atomic mass is 9.84. The van der Waals surface area contributed by atoms with Gasteiger partial charge in [-0.2, -0.15) is 0 Å². The molecule has 1 unspecified atom stereocenters. The van der Waals surface area contributed by atoms with Crippen LogP contribution in [0.25, 0.3) is 0 Å². The Balaban J connectivity index is 2.15. The molecule has 1 heterocycles. The third-order valence-corrected chi connectivity index (χ3v) is 5.84. The number of fused-ring (bicyclic) bond motifs is 3. The summed E-state index contributed by atoms with van der Waals surface area (Å²) in [6.45, 7) is 5.61. The van der Waals surface area contributed by atoms with Crippen molar-refractivity contribution in [3.8, 4) is 5.75 Å². The van der Waals surface area contributed by atoms with Gasteiger partial charge in [-0.1, -0.05) is 29.8 Å². The van der Waals surface area contributed by atoms with E-state index in [1.54, 1.807) is 0 Å². The van der Waals surface area contributed by atoms with Gasteiger partial charge in [0.25, 0.3) is 0 Å². The van der Waals surface area contributed by atoms with Crippen LogP contribution in [0.2, 0.25) is 0 Å². The SMILES string of the molecule is CC1(C)CCc2c3c(cc(I)c2C(Br)C1)CCO3. The highest BCUT2D eigenvalue weighted by atomic mass is 127. The first-order valence-electron chi connectivity index (χ1n) is 6.59. The van der Waals surface area contributed by atoms with Gasteiger partial charge in [0.15, 0.2) is 0 Å². The van der Waals surface area contributed by atoms with E-state index in [2.05, 4.69) is 58.4 Å². The average molecular weight is 421 g/mol. The van der Waals surface area contributed by atoms with Crippen molar-refractivity contribution < 1.29 is 4.74 Å². The molecule has 3 rings (SSSR count). The Morgan fingerprint density at radius 3 is 2.94 bits per heavy atom. The van der Waals surface area contributed by atoms with Gasteiger partial charge in [0.05, 0.1) is 6.61 Å². The summed E-state index contributed by atoms with van der Waals surface area (Å²) < 4.78 is 7.31. The third-order valence-electron chi connectivity index (χ3n) is 4.16. The Bertz CT molecular complexity index is 496. The molecule has 0 N–H and O–H groups in total. The zero-order valence-electron chi connectivity index (χ0n) is 10.9. The summed E-state index contributed by atoms with van der Waals surface area (Å²) in [6, 6.07) is 2.33. The minimum Gasteiger partial charge on any atom is -0.493 e. The van der Waals surface area contributed by atoms with Crippen LogP contribution in [0, 0.1) is 8.99 Å². The minimum atomic E-state index is 0.405.